The third-order valence-electron chi connectivity index (χ3n) is 5.12. The Morgan fingerprint density at radius 1 is 1.22 bits per heavy atom. The molecular formula is C22H20N4O5S. The van der Waals surface area contributed by atoms with Crippen molar-refractivity contribution in [1.29, 1.82) is 0 Å². The first-order valence-electron chi connectivity index (χ1n) is 10.0. The number of benzene rings is 2. The van der Waals surface area contributed by atoms with Crippen LogP contribution in [-0.2, 0) is 4.79 Å². The number of likely N-dealkylation sites (tertiary alicyclic amines) is 1. The van der Waals surface area contributed by atoms with E-state index in [2.05, 4.69) is 10.3 Å². The number of para-hydroxylation sites is 1. The van der Waals surface area contributed by atoms with Crippen molar-refractivity contribution < 1.29 is 19.2 Å². The van der Waals surface area contributed by atoms with E-state index in [1.165, 1.54) is 29.5 Å². The van der Waals surface area contributed by atoms with E-state index in [4.69, 9.17) is 4.74 Å². The van der Waals surface area contributed by atoms with Gasteiger partial charge in [0.15, 0.2) is 5.13 Å². The average molecular weight is 452 g/mol. The van der Waals surface area contributed by atoms with Gasteiger partial charge in [-0.3, -0.25) is 19.7 Å². The van der Waals surface area contributed by atoms with Gasteiger partial charge in [-0.05, 0) is 31.0 Å². The van der Waals surface area contributed by atoms with Crippen LogP contribution in [0.4, 0.5) is 10.8 Å². The van der Waals surface area contributed by atoms with Crippen LogP contribution >= 0.6 is 11.3 Å². The number of aromatic nitrogens is 1. The number of carbonyl (C=O) groups is 2. The van der Waals surface area contributed by atoms with Gasteiger partial charge in [0.05, 0.1) is 16.4 Å². The minimum Gasteiger partial charge on any atom is -0.457 e. The van der Waals surface area contributed by atoms with Crippen LogP contribution < -0.4 is 10.1 Å². The number of ether oxygens (including phenoxy) is 1. The van der Waals surface area contributed by atoms with Crippen LogP contribution in [0.3, 0.4) is 0 Å². The van der Waals surface area contributed by atoms with Crippen LogP contribution in [0.1, 0.15) is 23.2 Å². The third-order valence-corrected chi connectivity index (χ3v) is 5.81. The van der Waals surface area contributed by atoms with Gasteiger partial charge >= 0.3 is 0 Å². The number of hydrogen-bond donors (Lipinski definition) is 1. The molecule has 1 N–H and O–H groups in total. The maximum Gasteiger partial charge on any atom is 0.270 e. The molecule has 0 saturated carbocycles. The van der Waals surface area contributed by atoms with Crippen LogP contribution in [0.2, 0.25) is 0 Å². The lowest BCUT2D eigenvalue weighted by atomic mass is 9.96. The molecule has 1 fully saturated rings. The second kappa shape index (κ2) is 9.56. The number of nitrogens with one attached hydrogen (secondary N) is 1. The molecule has 4 rings (SSSR count). The molecule has 1 aliphatic rings. The first kappa shape index (κ1) is 21.4. The lowest BCUT2D eigenvalue weighted by Crippen LogP contribution is -2.43. The SMILES string of the molecule is O=C(Nc1nccs1)C1CCCN(C(=O)c2cc([N+](=O)[O-])ccc2Oc2ccccc2)C1. The molecule has 1 saturated heterocycles. The van der Waals surface area contributed by atoms with Crippen LogP contribution in [0.25, 0.3) is 0 Å². The minimum atomic E-state index is -0.552. The van der Waals surface area contributed by atoms with Crippen molar-refractivity contribution in [3.8, 4) is 11.5 Å². The Morgan fingerprint density at radius 2 is 2.03 bits per heavy atom. The van der Waals surface area contributed by atoms with E-state index in [-0.39, 0.29) is 29.5 Å². The Bertz CT molecular complexity index is 1120. The highest BCUT2D eigenvalue weighted by Crippen LogP contribution is 2.31. The van der Waals surface area contributed by atoms with E-state index in [9.17, 15) is 19.7 Å². The fraction of sp³-hybridized carbons (Fsp3) is 0.227. The Hall–Kier alpha value is -3.79. The van der Waals surface area contributed by atoms with Gasteiger partial charge < -0.3 is 15.0 Å². The minimum absolute atomic E-state index is 0.0871. The van der Waals surface area contributed by atoms with E-state index in [0.29, 0.717) is 30.3 Å². The normalized spacial score (nSPS) is 15.8. The van der Waals surface area contributed by atoms with Crippen molar-refractivity contribution in [1.82, 2.24) is 9.88 Å². The summed E-state index contributed by atoms with van der Waals surface area (Å²) in [5.41, 5.74) is -0.118. The summed E-state index contributed by atoms with van der Waals surface area (Å²) in [5, 5.41) is 16.3. The zero-order valence-corrected chi connectivity index (χ0v) is 17.8. The third kappa shape index (κ3) is 4.92. The molecule has 0 radical (unpaired) electrons. The first-order valence-corrected chi connectivity index (χ1v) is 10.9. The number of thiazole rings is 1. The maximum absolute atomic E-state index is 13.4. The summed E-state index contributed by atoms with van der Waals surface area (Å²) in [5.74, 6) is -0.270. The zero-order valence-electron chi connectivity index (χ0n) is 17.0. The van der Waals surface area contributed by atoms with Gasteiger partial charge in [0.25, 0.3) is 11.6 Å². The second-order valence-electron chi connectivity index (χ2n) is 7.27. The molecule has 1 aromatic heterocycles. The molecule has 1 atom stereocenters. The Kier molecular flexibility index (Phi) is 6.41. The van der Waals surface area contributed by atoms with Crippen molar-refractivity contribution in [3.63, 3.8) is 0 Å². The van der Waals surface area contributed by atoms with E-state index in [1.54, 1.807) is 40.7 Å². The number of piperidine rings is 1. The van der Waals surface area contributed by atoms with E-state index >= 15 is 0 Å². The van der Waals surface area contributed by atoms with E-state index in [0.717, 1.165) is 0 Å². The van der Waals surface area contributed by atoms with Gasteiger partial charge in [0, 0.05) is 36.8 Å². The van der Waals surface area contributed by atoms with Crippen molar-refractivity contribution >= 4 is 34.0 Å². The summed E-state index contributed by atoms with van der Waals surface area (Å²) in [6, 6.07) is 12.8. The number of nitrogens with zero attached hydrogens (tertiary/aromatic N) is 3. The van der Waals surface area contributed by atoms with Crippen LogP contribution in [0, 0.1) is 16.0 Å². The van der Waals surface area contributed by atoms with Crippen molar-refractivity contribution in [3.05, 3.63) is 75.8 Å². The van der Waals surface area contributed by atoms with E-state index < -0.39 is 16.7 Å². The molecule has 1 aliphatic heterocycles. The number of non-ortho nitro benzene ring substituents is 1. The first-order chi connectivity index (χ1) is 15.5. The number of anilines is 1. The molecule has 1 unspecified atom stereocenters. The fourth-order valence-corrected chi connectivity index (χ4v) is 4.07. The summed E-state index contributed by atoms with van der Waals surface area (Å²) in [6.45, 7) is 0.664. The average Bonchev–Trinajstić information content (AvgIpc) is 3.32. The lowest BCUT2D eigenvalue weighted by molar-refractivity contribution is -0.384. The number of nitro benzene ring substituents is 1. The van der Waals surface area contributed by atoms with Gasteiger partial charge in [-0.1, -0.05) is 18.2 Å². The number of nitro groups is 1. The predicted octanol–water partition coefficient (Wildman–Crippen LogP) is 4.33. The summed E-state index contributed by atoms with van der Waals surface area (Å²) in [4.78, 5) is 42.3. The number of rotatable bonds is 6. The molecular weight excluding hydrogens is 432 g/mol. The Labute approximate surface area is 187 Å². The Morgan fingerprint density at radius 3 is 2.75 bits per heavy atom. The summed E-state index contributed by atoms with van der Waals surface area (Å²) in [6.07, 6.45) is 2.89. The smallest absolute Gasteiger partial charge is 0.270 e. The maximum atomic E-state index is 13.4. The lowest BCUT2D eigenvalue weighted by Gasteiger charge is -2.32. The molecule has 9 nitrogen and oxygen atoms in total. The second-order valence-corrected chi connectivity index (χ2v) is 8.16. The number of carbonyl (C=O) groups excluding carboxylic acids is 2. The Balaban J connectivity index is 1.55. The van der Waals surface area contributed by atoms with Gasteiger partial charge in [-0.15, -0.1) is 11.3 Å². The van der Waals surface area contributed by atoms with Crippen LogP contribution in [0.5, 0.6) is 11.5 Å². The standard InChI is InChI=1S/C22H20N4O5S/c27-20(24-22-23-10-12-32-22)15-5-4-11-25(14-15)21(28)18-13-16(26(29)30)8-9-19(18)31-17-6-2-1-3-7-17/h1-3,6-10,12-13,15H,4-5,11,14H2,(H,23,24,27). The molecule has 0 bridgehead atoms. The molecule has 3 aromatic rings. The molecule has 164 valence electrons. The quantitative estimate of drug-likeness (QED) is 0.440. The molecule has 2 heterocycles. The topological polar surface area (TPSA) is 115 Å². The summed E-state index contributed by atoms with van der Waals surface area (Å²) >= 11 is 1.32. The monoisotopic (exact) mass is 452 g/mol. The van der Waals surface area contributed by atoms with Gasteiger partial charge in [-0.2, -0.15) is 0 Å². The number of amides is 2. The molecule has 0 aliphatic carbocycles. The fourth-order valence-electron chi connectivity index (χ4n) is 3.54. The molecule has 10 heteroatoms. The van der Waals surface area contributed by atoms with Crippen molar-refractivity contribution in [2.45, 2.75) is 12.8 Å². The van der Waals surface area contributed by atoms with Gasteiger partial charge in [0.2, 0.25) is 5.91 Å². The largest absolute Gasteiger partial charge is 0.457 e. The molecule has 2 amide bonds. The highest BCUT2D eigenvalue weighted by Gasteiger charge is 2.31. The number of hydrogen-bond acceptors (Lipinski definition) is 7. The highest BCUT2D eigenvalue weighted by atomic mass is 32.1. The zero-order chi connectivity index (χ0) is 22.5. The predicted molar refractivity (Wildman–Crippen MR) is 119 cm³/mol. The molecule has 0 spiro atoms. The molecule has 32 heavy (non-hydrogen) atoms. The molecule has 2 aromatic carbocycles. The van der Waals surface area contributed by atoms with Gasteiger partial charge in [-0.25, -0.2) is 4.98 Å². The van der Waals surface area contributed by atoms with Crippen molar-refractivity contribution in [2.24, 2.45) is 5.92 Å². The van der Waals surface area contributed by atoms with Crippen molar-refractivity contribution in [2.75, 3.05) is 18.4 Å². The summed E-state index contributed by atoms with van der Waals surface area (Å²) < 4.78 is 5.84. The van der Waals surface area contributed by atoms with Crippen LogP contribution in [0.15, 0.2) is 60.1 Å². The van der Waals surface area contributed by atoms with E-state index in [1.807, 2.05) is 6.07 Å². The van der Waals surface area contributed by atoms with Gasteiger partial charge in [0.1, 0.15) is 11.5 Å². The van der Waals surface area contributed by atoms with Crippen LogP contribution in [-0.4, -0.2) is 39.7 Å². The summed E-state index contributed by atoms with van der Waals surface area (Å²) in [7, 11) is 0. The highest BCUT2D eigenvalue weighted by molar-refractivity contribution is 7.13.